The van der Waals surface area contributed by atoms with Gasteiger partial charge in [-0.25, -0.2) is 4.98 Å². The third-order valence-corrected chi connectivity index (χ3v) is 3.03. The number of aromatic nitrogens is 1. The van der Waals surface area contributed by atoms with Crippen LogP contribution in [0.4, 0.5) is 0 Å². The fraction of sp³-hybridized carbons (Fsp3) is 0.286. The highest BCUT2D eigenvalue weighted by Crippen LogP contribution is 2.25. The number of hydrogen-bond acceptors (Lipinski definition) is 4. The van der Waals surface area contributed by atoms with E-state index < -0.39 is 6.04 Å². The normalized spacial score (nSPS) is 11.6. The number of carbonyl (C=O) groups is 1. The maximum absolute atomic E-state index is 11.4. The first-order valence-electron chi connectivity index (χ1n) is 6.23. The van der Waals surface area contributed by atoms with Crippen molar-refractivity contribution in [3.8, 4) is 11.3 Å². The maximum atomic E-state index is 11.4. The van der Waals surface area contributed by atoms with E-state index in [-0.39, 0.29) is 24.9 Å². The molecule has 1 aromatic carbocycles. The largest absolute Gasteiger partial charge is 0.438 e. The monoisotopic (exact) mass is 329 g/mol. The summed E-state index contributed by atoms with van der Waals surface area (Å²) in [4.78, 5) is 15.7. The van der Waals surface area contributed by atoms with Crippen LogP contribution in [0.25, 0.3) is 11.3 Å². The third kappa shape index (κ3) is 4.46. The zero-order valence-electron chi connectivity index (χ0n) is 11.7. The van der Waals surface area contributed by atoms with Crippen LogP contribution < -0.4 is 11.1 Å². The molecule has 0 aliphatic rings. The average molecular weight is 330 g/mol. The number of halogens is 2. The number of oxazole rings is 1. The molecular formula is C14H17Cl2N3O2. The lowest BCUT2D eigenvalue weighted by atomic mass is 10.1. The Morgan fingerprint density at radius 3 is 2.62 bits per heavy atom. The highest BCUT2D eigenvalue weighted by Gasteiger charge is 2.13. The molecule has 1 aromatic heterocycles. The molecule has 2 aromatic rings. The minimum absolute atomic E-state index is 0. The maximum Gasteiger partial charge on any atom is 0.237 e. The van der Waals surface area contributed by atoms with Crippen molar-refractivity contribution in [1.82, 2.24) is 10.3 Å². The van der Waals surface area contributed by atoms with E-state index in [0.717, 1.165) is 11.3 Å². The van der Waals surface area contributed by atoms with Crippen molar-refractivity contribution in [1.29, 1.82) is 0 Å². The first-order valence-corrected chi connectivity index (χ1v) is 6.60. The lowest BCUT2D eigenvalue weighted by Crippen LogP contribution is -2.37. The van der Waals surface area contributed by atoms with Crippen LogP contribution in [0, 0.1) is 6.92 Å². The van der Waals surface area contributed by atoms with E-state index in [1.165, 1.54) is 0 Å². The highest BCUT2D eigenvalue weighted by molar-refractivity contribution is 6.30. The van der Waals surface area contributed by atoms with Crippen LogP contribution in [0.1, 0.15) is 18.5 Å². The molecule has 3 N–H and O–H groups in total. The molecule has 2 rings (SSSR count). The average Bonchev–Trinajstić information content (AvgIpc) is 2.78. The fourth-order valence-corrected chi connectivity index (χ4v) is 1.85. The van der Waals surface area contributed by atoms with Crippen LogP contribution in [0.15, 0.2) is 28.7 Å². The van der Waals surface area contributed by atoms with Gasteiger partial charge in [0.2, 0.25) is 11.8 Å². The van der Waals surface area contributed by atoms with Gasteiger partial charge >= 0.3 is 0 Å². The van der Waals surface area contributed by atoms with Crippen LogP contribution in [-0.2, 0) is 11.3 Å². The molecule has 0 radical (unpaired) electrons. The lowest BCUT2D eigenvalue weighted by Gasteiger charge is -2.04. The van der Waals surface area contributed by atoms with Crippen LogP contribution in [-0.4, -0.2) is 16.9 Å². The summed E-state index contributed by atoms with van der Waals surface area (Å²) < 4.78 is 5.66. The first kappa shape index (κ1) is 17.5. The Labute approximate surface area is 134 Å². The van der Waals surface area contributed by atoms with Gasteiger partial charge in [-0.2, -0.15) is 0 Å². The topological polar surface area (TPSA) is 81.2 Å². The van der Waals surface area contributed by atoms with Gasteiger partial charge in [0.1, 0.15) is 0 Å². The van der Waals surface area contributed by atoms with E-state index in [4.69, 9.17) is 21.8 Å². The Bertz CT molecular complexity index is 609. The summed E-state index contributed by atoms with van der Waals surface area (Å²) >= 11 is 5.85. The van der Waals surface area contributed by atoms with Gasteiger partial charge in [0.25, 0.3) is 0 Å². The quantitative estimate of drug-likeness (QED) is 0.903. The van der Waals surface area contributed by atoms with Crippen molar-refractivity contribution < 1.29 is 9.21 Å². The summed E-state index contributed by atoms with van der Waals surface area (Å²) in [6, 6.07) is 6.74. The van der Waals surface area contributed by atoms with Gasteiger partial charge in [-0.15, -0.1) is 12.4 Å². The Kier molecular flexibility index (Phi) is 6.20. The third-order valence-electron chi connectivity index (χ3n) is 2.77. The smallest absolute Gasteiger partial charge is 0.237 e. The molecular weight excluding hydrogens is 313 g/mol. The summed E-state index contributed by atoms with van der Waals surface area (Å²) in [5, 5.41) is 3.32. The van der Waals surface area contributed by atoms with Gasteiger partial charge in [-0.05, 0) is 38.1 Å². The Balaban J connectivity index is 0.00000220. The number of carbonyl (C=O) groups excluding carboxylic acids is 1. The SMILES string of the molecule is Cc1nc(CNC(=O)[C@@H](C)N)oc1-c1ccc(Cl)cc1.Cl. The van der Waals surface area contributed by atoms with Crippen molar-refractivity contribution in [2.75, 3.05) is 0 Å². The molecule has 0 spiro atoms. The molecule has 7 heteroatoms. The summed E-state index contributed by atoms with van der Waals surface area (Å²) in [5.74, 6) is 0.877. The van der Waals surface area contributed by atoms with Gasteiger partial charge in [-0.3, -0.25) is 4.79 Å². The van der Waals surface area contributed by atoms with Gasteiger partial charge in [0, 0.05) is 10.6 Å². The molecule has 1 heterocycles. The number of nitrogens with zero attached hydrogens (tertiary/aromatic N) is 1. The van der Waals surface area contributed by atoms with Crippen molar-refractivity contribution in [2.45, 2.75) is 26.4 Å². The second-order valence-electron chi connectivity index (χ2n) is 4.54. The van der Waals surface area contributed by atoms with E-state index in [1.807, 2.05) is 19.1 Å². The second kappa shape index (κ2) is 7.45. The van der Waals surface area contributed by atoms with Crippen molar-refractivity contribution in [3.05, 3.63) is 40.9 Å². The number of rotatable bonds is 4. The number of benzene rings is 1. The molecule has 0 aliphatic heterocycles. The van der Waals surface area contributed by atoms with Crippen molar-refractivity contribution in [3.63, 3.8) is 0 Å². The minimum atomic E-state index is -0.554. The molecule has 0 fully saturated rings. The molecule has 1 atom stereocenters. The zero-order valence-corrected chi connectivity index (χ0v) is 13.3. The van der Waals surface area contributed by atoms with Crippen LogP contribution in [0.3, 0.4) is 0 Å². The van der Waals surface area contributed by atoms with E-state index in [2.05, 4.69) is 10.3 Å². The molecule has 0 saturated heterocycles. The molecule has 0 aliphatic carbocycles. The number of amides is 1. The molecule has 0 unspecified atom stereocenters. The van der Waals surface area contributed by atoms with Crippen molar-refractivity contribution in [2.24, 2.45) is 5.73 Å². The summed E-state index contributed by atoms with van der Waals surface area (Å²) in [6.07, 6.45) is 0. The number of aryl methyl sites for hydroxylation is 1. The standard InChI is InChI=1S/C14H16ClN3O2.ClH/c1-8(16)14(19)17-7-12-18-9(2)13(20-12)10-3-5-11(15)6-4-10;/h3-6,8H,7,16H2,1-2H3,(H,17,19);1H/t8-;/m1./s1. The van der Waals surface area contributed by atoms with E-state index >= 15 is 0 Å². The Hall–Kier alpha value is -1.56. The molecule has 114 valence electrons. The second-order valence-corrected chi connectivity index (χ2v) is 4.97. The number of nitrogens with two attached hydrogens (primary N) is 1. The minimum Gasteiger partial charge on any atom is -0.438 e. The van der Waals surface area contributed by atoms with E-state index in [9.17, 15) is 4.79 Å². The summed E-state index contributed by atoms with van der Waals surface area (Å²) in [7, 11) is 0. The first-order chi connectivity index (χ1) is 9.47. The van der Waals surface area contributed by atoms with E-state index in [0.29, 0.717) is 16.7 Å². The molecule has 0 bridgehead atoms. The van der Waals surface area contributed by atoms with Crippen molar-refractivity contribution >= 4 is 29.9 Å². The summed E-state index contributed by atoms with van der Waals surface area (Å²) in [5.41, 5.74) is 7.12. The Morgan fingerprint density at radius 1 is 1.43 bits per heavy atom. The predicted octanol–water partition coefficient (Wildman–Crippen LogP) is 2.69. The lowest BCUT2D eigenvalue weighted by molar-refractivity contribution is -0.122. The van der Waals surface area contributed by atoms with E-state index in [1.54, 1.807) is 19.1 Å². The van der Waals surface area contributed by atoms with Gasteiger partial charge in [-0.1, -0.05) is 11.6 Å². The van der Waals surface area contributed by atoms with Gasteiger partial charge < -0.3 is 15.5 Å². The van der Waals surface area contributed by atoms with Crippen LogP contribution in [0.2, 0.25) is 5.02 Å². The Morgan fingerprint density at radius 2 is 2.05 bits per heavy atom. The van der Waals surface area contributed by atoms with Crippen LogP contribution in [0.5, 0.6) is 0 Å². The summed E-state index contributed by atoms with van der Waals surface area (Å²) in [6.45, 7) is 3.69. The highest BCUT2D eigenvalue weighted by atomic mass is 35.5. The fourth-order valence-electron chi connectivity index (χ4n) is 1.72. The predicted molar refractivity (Wildman–Crippen MR) is 84.4 cm³/mol. The molecule has 0 saturated carbocycles. The van der Waals surface area contributed by atoms with Gasteiger partial charge in [0.15, 0.2) is 5.76 Å². The molecule has 1 amide bonds. The number of hydrogen-bond donors (Lipinski definition) is 2. The molecule has 5 nitrogen and oxygen atoms in total. The molecule has 21 heavy (non-hydrogen) atoms. The number of nitrogens with one attached hydrogen (secondary N) is 1. The zero-order chi connectivity index (χ0) is 14.7. The van der Waals surface area contributed by atoms with Crippen LogP contribution >= 0.6 is 24.0 Å². The van der Waals surface area contributed by atoms with Gasteiger partial charge in [0.05, 0.1) is 18.3 Å².